The fourth-order valence-corrected chi connectivity index (χ4v) is 2.49. The molecule has 0 saturated carbocycles. The number of hydrogen-bond acceptors (Lipinski definition) is 4. The standard InChI is InChI=1S/C8H7ClO2.C7H15N.C6H5ClO.C6H14/c9-7-1-3-8(4-2-7)11-6-5-10;1-4-7(8)5-6(2)3;7-5-1-3-6(8)4-2-5;1-3-5-6-4-2/h1-5H,6H2;4,6-7H,1,5,8H2,2-3H3;1-4,8H;3-6H2,1-2H3. The molecule has 2 aromatic rings. The number of phenols is 1. The number of nitrogens with two attached hydrogens (primary N) is 1. The van der Waals surface area contributed by atoms with Gasteiger partial charge in [0, 0.05) is 16.1 Å². The molecule has 186 valence electrons. The number of halogens is 2. The summed E-state index contributed by atoms with van der Waals surface area (Å²) >= 11 is 11.1. The van der Waals surface area contributed by atoms with Crippen LogP contribution in [0.3, 0.4) is 0 Å². The molecule has 0 bridgehead atoms. The molecule has 2 rings (SSSR count). The van der Waals surface area contributed by atoms with Crippen LogP contribution >= 0.6 is 23.2 Å². The Labute approximate surface area is 210 Å². The van der Waals surface area contributed by atoms with Crippen molar-refractivity contribution in [2.45, 2.75) is 65.8 Å². The van der Waals surface area contributed by atoms with Crippen molar-refractivity contribution >= 4 is 29.5 Å². The van der Waals surface area contributed by atoms with E-state index in [0.717, 1.165) is 6.42 Å². The van der Waals surface area contributed by atoms with Crippen molar-refractivity contribution in [1.82, 2.24) is 0 Å². The second kappa shape index (κ2) is 23.2. The first-order valence-corrected chi connectivity index (χ1v) is 12.1. The highest BCUT2D eigenvalue weighted by Gasteiger charge is 1.98. The molecule has 0 aliphatic rings. The van der Waals surface area contributed by atoms with Gasteiger partial charge in [-0.1, -0.05) is 82.7 Å². The highest BCUT2D eigenvalue weighted by Crippen LogP contribution is 2.15. The summed E-state index contributed by atoms with van der Waals surface area (Å²) in [7, 11) is 0. The molecule has 6 heteroatoms. The molecule has 2 aromatic carbocycles. The smallest absolute Gasteiger partial charge is 0.157 e. The predicted molar refractivity (Wildman–Crippen MR) is 144 cm³/mol. The number of aldehydes is 1. The predicted octanol–water partition coefficient (Wildman–Crippen LogP) is 8.10. The van der Waals surface area contributed by atoms with E-state index in [1.165, 1.54) is 25.7 Å². The number of phenolic OH excluding ortho intramolecular Hbond substituents is 1. The lowest BCUT2D eigenvalue weighted by atomic mass is 10.1. The minimum absolute atomic E-state index is 0.0850. The van der Waals surface area contributed by atoms with Crippen molar-refractivity contribution in [1.29, 1.82) is 0 Å². The average Bonchev–Trinajstić information content (AvgIpc) is 2.80. The van der Waals surface area contributed by atoms with E-state index in [1.807, 2.05) is 0 Å². The SMILES string of the molecule is C=CC(N)CC(C)C.CCCCCC.O=CCOc1ccc(Cl)cc1.Oc1ccc(Cl)cc1. The average molecular weight is 499 g/mol. The fourth-order valence-electron chi connectivity index (χ4n) is 2.24. The molecule has 1 unspecified atom stereocenters. The van der Waals surface area contributed by atoms with Crippen molar-refractivity contribution in [2.75, 3.05) is 6.61 Å². The maximum Gasteiger partial charge on any atom is 0.157 e. The first-order valence-electron chi connectivity index (χ1n) is 11.3. The normalized spacial score (nSPS) is 10.3. The van der Waals surface area contributed by atoms with Crippen LogP contribution in [0.1, 0.15) is 59.8 Å². The van der Waals surface area contributed by atoms with Crippen LogP contribution < -0.4 is 10.5 Å². The lowest BCUT2D eigenvalue weighted by molar-refractivity contribution is -0.109. The maximum atomic E-state index is 9.89. The Kier molecular flexibility index (Phi) is 23.3. The van der Waals surface area contributed by atoms with Crippen molar-refractivity contribution in [3.05, 3.63) is 71.2 Å². The Morgan fingerprint density at radius 1 is 0.970 bits per heavy atom. The molecule has 0 aliphatic heterocycles. The van der Waals surface area contributed by atoms with Gasteiger partial charge in [0.15, 0.2) is 6.29 Å². The minimum atomic E-state index is 0.0850. The van der Waals surface area contributed by atoms with E-state index >= 15 is 0 Å². The van der Waals surface area contributed by atoms with Crippen molar-refractivity contribution in [3.63, 3.8) is 0 Å². The molecular weight excluding hydrogens is 457 g/mol. The summed E-state index contributed by atoms with van der Waals surface area (Å²) in [6.07, 6.45) is 9.08. The van der Waals surface area contributed by atoms with E-state index in [4.69, 9.17) is 38.8 Å². The van der Waals surface area contributed by atoms with E-state index in [-0.39, 0.29) is 18.4 Å². The molecule has 33 heavy (non-hydrogen) atoms. The first-order chi connectivity index (χ1) is 15.7. The zero-order chi connectivity index (χ0) is 25.5. The molecular formula is C27H41Cl2NO3. The van der Waals surface area contributed by atoms with Gasteiger partial charge < -0.3 is 15.6 Å². The van der Waals surface area contributed by atoms with E-state index in [9.17, 15) is 4.79 Å². The van der Waals surface area contributed by atoms with Crippen LogP contribution in [0.4, 0.5) is 0 Å². The van der Waals surface area contributed by atoms with Gasteiger partial charge in [-0.25, -0.2) is 0 Å². The number of unbranched alkanes of at least 4 members (excludes halogenated alkanes) is 3. The second-order valence-electron chi connectivity index (χ2n) is 7.64. The Bertz CT molecular complexity index is 679. The highest BCUT2D eigenvalue weighted by atomic mass is 35.5. The third-order valence-corrected chi connectivity index (χ3v) is 4.47. The quantitative estimate of drug-likeness (QED) is 0.208. The van der Waals surface area contributed by atoms with Gasteiger partial charge in [-0.2, -0.15) is 0 Å². The van der Waals surface area contributed by atoms with Crippen LogP contribution in [0.5, 0.6) is 11.5 Å². The van der Waals surface area contributed by atoms with E-state index in [1.54, 1.807) is 54.6 Å². The Morgan fingerprint density at radius 2 is 1.42 bits per heavy atom. The molecule has 0 amide bonds. The van der Waals surface area contributed by atoms with Gasteiger partial charge in [-0.15, -0.1) is 6.58 Å². The van der Waals surface area contributed by atoms with Gasteiger partial charge in [0.1, 0.15) is 18.1 Å². The van der Waals surface area contributed by atoms with Gasteiger partial charge in [0.05, 0.1) is 0 Å². The van der Waals surface area contributed by atoms with E-state index < -0.39 is 0 Å². The number of benzene rings is 2. The lowest BCUT2D eigenvalue weighted by Gasteiger charge is -2.07. The molecule has 0 aliphatic carbocycles. The van der Waals surface area contributed by atoms with Crippen molar-refractivity contribution < 1.29 is 14.6 Å². The van der Waals surface area contributed by atoms with Crippen LogP contribution in [-0.4, -0.2) is 24.0 Å². The number of rotatable bonds is 9. The van der Waals surface area contributed by atoms with Gasteiger partial charge >= 0.3 is 0 Å². The van der Waals surface area contributed by atoms with Gasteiger partial charge in [-0.3, -0.25) is 4.79 Å². The summed E-state index contributed by atoms with van der Waals surface area (Å²) in [6.45, 7) is 12.4. The Hall–Kier alpha value is -2.01. The van der Waals surface area contributed by atoms with E-state index in [0.29, 0.717) is 28.0 Å². The Balaban J connectivity index is 0. The molecule has 1 atom stereocenters. The third kappa shape index (κ3) is 24.5. The van der Waals surface area contributed by atoms with Crippen molar-refractivity contribution in [2.24, 2.45) is 11.7 Å². The van der Waals surface area contributed by atoms with Crippen LogP contribution in [-0.2, 0) is 4.79 Å². The molecule has 4 nitrogen and oxygen atoms in total. The number of ether oxygens (including phenoxy) is 1. The van der Waals surface area contributed by atoms with Crippen LogP contribution in [0, 0.1) is 5.92 Å². The maximum absolute atomic E-state index is 9.89. The zero-order valence-electron chi connectivity index (χ0n) is 20.5. The van der Waals surface area contributed by atoms with Gasteiger partial charge in [0.2, 0.25) is 0 Å². The molecule has 0 aromatic heterocycles. The third-order valence-electron chi connectivity index (χ3n) is 3.96. The van der Waals surface area contributed by atoms with Crippen LogP contribution in [0.25, 0.3) is 0 Å². The molecule has 0 saturated heterocycles. The number of carbonyl (C=O) groups excluding carboxylic acids is 1. The summed E-state index contributed by atoms with van der Waals surface area (Å²) in [5.74, 6) is 1.58. The minimum Gasteiger partial charge on any atom is -0.508 e. The number of hydrogen-bond donors (Lipinski definition) is 2. The van der Waals surface area contributed by atoms with Crippen molar-refractivity contribution in [3.8, 4) is 11.5 Å². The van der Waals surface area contributed by atoms with E-state index in [2.05, 4.69) is 34.3 Å². The highest BCUT2D eigenvalue weighted by molar-refractivity contribution is 6.30. The fraction of sp³-hybridized carbons (Fsp3) is 0.444. The second-order valence-corrected chi connectivity index (χ2v) is 8.52. The Morgan fingerprint density at radius 3 is 1.73 bits per heavy atom. The van der Waals surface area contributed by atoms with Crippen LogP contribution in [0.2, 0.25) is 10.0 Å². The summed E-state index contributed by atoms with van der Waals surface area (Å²) in [5.41, 5.74) is 5.56. The number of carbonyl (C=O) groups is 1. The summed E-state index contributed by atoms with van der Waals surface area (Å²) in [4.78, 5) is 9.89. The molecule has 0 fully saturated rings. The lowest BCUT2D eigenvalue weighted by Crippen LogP contribution is -2.18. The number of aromatic hydroxyl groups is 1. The van der Waals surface area contributed by atoms with Gasteiger partial charge in [0.25, 0.3) is 0 Å². The summed E-state index contributed by atoms with van der Waals surface area (Å²) < 4.78 is 4.98. The van der Waals surface area contributed by atoms with Crippen LogP contribution in [0.15, 0.2) is 61.2 Å². The molecule has 0 spiro atoms. The zero-order valence-corrected chi connectivity index (χ0v) is 22.0. The summed E-state index contributed by atoms with van der Waals surface area (Å²) in [5, 5.41) is 10.00. The largest absolute Gasteiger partial charge is 0.508 e. The molecule has 3 N–H and O–H groups in total. The van der Waals surface area contributed by atoms with Gasteiger partial charge in [-0.05, 0) is 60.9 Å². The molecule has 0 radical (unpaired) electrons. The monoisotopic (exact) mass is 497 g/mol. The molecule has 0 heterocycles. The topological polar surface area (TPSA) is 72.6 Å². The first kappa shape index (κ1) is 33.2. The summed E-state index contributed by atoms with van der Waals surface area (Å²) in [6, 6.07) is 13.4.